The van der Waals surface area contributed by atoms with Crippen molar-refractivity contribution < 1.29 is 24.2 Å². The summed E-state index contributed by atoms with van der Waals surface area (Å²) in [6.45, 7) is 0.164. The van der Waals surface area contributed by atoms with Crippen molar-refractivity contribution in [3.63, 3.8) is 0 Å². The van der Waals surface area contributed by atoms with Crippen LogP contribution < -0.4 is 10.6 Å². The van der Waals surface area contributed by atoms with Gasteiger partial charge in [-0.3, -0.25) is 4.79 Å². The van der Waals surface area contributed by atoms with Crippen LogP contribution in [-0.2, 0) is 14.3 Å². The maximum atomic E-state index is 13.2. The zero-order valence-electron chi connectivity index (χ0n) is 19.1. The molecule has 1 unspecified atom stereocenters. The maximum absolute atomic E-state index is 13.2. The van der Waals surface area contributed by atoms with Crippen LogP contribution >= 0.6 is 0 Å². The third-order valence-corrected chi connectivity index (χ3v) is 7.45. The highest BCUT2D eigenvalue weighted by Crippen LogP contribution is 2.44. The van der Waals surface area contributed by atoms with Gasteiger partial charge in [-0.25, -0.2) is 9.59 Å². The lowest BCUT2D eigenvalue weighted by molar-refractivity contribution is -0.143. The van der Waals surface area contributed by atoms with Crippen LogP contribution in [0.2, 0.25) is 0 Å². The molecule has 178 valence electrons. The second-order valence-corrected chi connectivity index (χ2v) is 9.78. The minimum atomic E-state index is -1.13. The van der Waals surface area contributed by atoms with Crippen LogP contribution in [-0.4, -0.2) is 41.3 Å². The standard InChI is InChI=1S/C27H30N2O5/c30-24(31)23(15-17-11-12-17)28-25(32)27(13-5-6-14-27)29-26(33)34-16-22-20-9-3-1-7-18(20)19-8-2-4-10-21(19)22/h1-4,7-10,17,22-23H,5-6,11-16H2,(H,28,32)(H,29,33)(H,30,31). The van der Waals surface area contributed by atoms with E-state index >= 15 is 0 Å². The predicted molar refractivity (Wildman–Crippen MR) is 126 cm³/mol. The van der Waals surface area contributed by atoms with Crippen LogP contribution in [0.25, 0.3) is 11.1 Å². The molecule has 3 aliphatic rings. The second kappa shape index (κ2) is 9.12. The van der Waals surface area contributed by atoms with Crippen LogP contribution in [0.4, 0.5) is 4.79 Å². The molecule has 5 rings (SSSR count). The number of carboxylic acid groups (broad SMARTS) is 1. The Hall–Kier alpha value is -3.35. The van der Waals surface area contributed by atoms with Crippen molar-refractivity contribution in [2.75, 3.05) is 6.61 Å². The van der Waals surface area contributed by atoms with E-state index in [1.165, 1.54) is 0 Å². The number of carbonyl (C=O) groups excluding carboxylic acids is 2. The molecule has 34 heavy (non-hydrogen) atoms. The number of amides is 2. The molecule has 0 heterocycles. The fraction of sp³-hybridized carbons (Fsp3) is 0.444. The van der Waals surface area contributed by atoms with Crippen LogP contribution in [0.1, 0.15) is 62.0 Å². The number of carbonyl (C=O) groups is 3. The molecular weight excluding hydrogens is 432 g/mol. The van der Waals surface area contributed by atoms with Gasteiger partial charge in [-0.2, -0.15) is 0 Å². The number of benzene rings is 2. The molecule has 1 atom stereocenters. The molecule has 2 amide bonds. The Labute approximate surface area is 198 Å². The summed E-state index contributed by atoms with van der Waals surface area (Å²) >= 11 is 0. The lowest BCUT2D eigenvalue weighted by Gasteiger charge is -2.30. The van der Waals surface area contributed by atoms with Gasteiger partial charge >= 0.3 is 12.1 Å². The molecule has 0 spiro atoms. The van der Waals surface area contributed by atoms with Gasteiger partial charge in [0.05, 0.1) is 0 Å². The molecular formula is C27H30N2O5. The van der Waals surface area contributed by atoms with Crippen molar-refractivity contribution in [1.29, 1.82) is 0 Å². The maximum Gasteiger partial charge on any atom is 0.408 e. The molecule has 7 heteroatoms. The average molecular weight is 463 g/mol. The highest BCUT2D eigenvalue weighted by Gasteiger charge is 2.45. The fourth-order valence-corrected chi connectivity index (χ4v) is 5.42. The summed E-state index contributed by atoms with van der Waals surface area (Å²) in [4.78, 5) is 37.7. The molecule has 0 radical (unpaired) electrons. The Balaban J connectivity index is 1.25. The van der Waals surface area contributed by atoms with Crippen LogP contribution in [0, 0.1) is 5.92 Å². The first kappa shape index (κ1) is 22.4. The molecule has 3 N–H and O–H groups in total. The van der Waals surface area contributed by atoms with E-state index in [9.17, 15) is 19.5 Å². The third-order valence-electron chi connectivity index (χ3n) is 7.45. The van der Waals surface area contributed by atoms with Gasteiger partial charge in [-0.15, -0.1) is 0 Å². The van der Waals surface area contributed by atoms with Crippen molar-refractivity contribution in [1.82, 2.24) is 10.6 Å². The van der Waals surface area contributed by atoms with Crippen molar-refractivity contribution in [2.45, 2.75) is 62.4 Å². The fourth-order valence-electron chi connectivity index (χ4n) is 5.42. The Morgan fingerprint density at radius 1 is 0.971 bits per heavy atom. The molecule has 2 fully saturated rings. The summed E-state index contributed by atoms with van der Waals surface area (Å²) < 4.78 is 5.66. The van der Waals surface area contributed by atoms with E-state index in [-0.39, 0.29) is 12.5 Å². The molecule has 0 aliphatic heterocycles. The summed E-state index contributed by atoms with van der Waals surface area (Å²) in [5, 5.41) is 15.0. The zero-order chi connectivity index (χ0) is 23.7. The third kappa shape index (κ3) is 4.39. The van der Waals surface area contributed by atoms with E-state index in [1.54, 1.807) is 0 Å². The van der Waals surface area contributed by atoms with Crippen LogP contribution in [0.5, 0.6) is 0 Å². The molecule has 2 saturated carbocycles. The van der Waals surface area contributed by atoms with Gasteiger partial charge in [0, 0.05) is 5.92 Å². The topological polar surface area (TPSA) is 105 Å². The van der Waals surface area contributed by atoms with Crippen molar-refractivity contribution in [3.8, 4) is 11.1 Å². The molecule has 0 aromatic heterocycles. The second-order valence-electron chi connectivity index (χ2n) is 9.78. The Bertz CT molecular complexity index is 1060. The smallest absolute Gasteiger partial charge is 0.408 e. The van der Waals surface area contributed by atoms with E-state index in [4.69, 9.17) is 4.74 Å². The first-order valence-electron chi connectivity index (χ1n) is 12.1. The first-order chi connectivity index (χ1) is 16.5. The summed E-state index contributed by atoms with van der Waals surface area (Å²) in [7, 11) is 0. The lowest BCUT2D eigenvalue weighted by atomic mass is 9.95. The molecule has 2 aromatic rings. The number of hydrogen-bond donors (Lipinski definition) is 3. The predicted octanol–water partition coefficient (Wildman–Crippen LogP) is 4.21. The van der Waals surface area contributed by atoms with E-state index in [0.717, 1.165) is 47.9 Å². The Morgan fingerprint density at radius 3 is 2.12 bits per heavy atom. The Morgan fingerprint density at radius 2 is 1.56 bits per heavy atom. The number of fused-ring (bicyclic) bond motifs is 3. The number of rotatable bonds is 8. The molecule has 0 bridgehead atoms. The van der Waals surface area contributed by atoms with Gasteiger partial charge in [-0.1, -0.05) is 74.2 Å². The van der Waals surface area contributed by atoms with E-state index in [1.807, 2.05) is 24.3 Å². The van der Waals surface area contributed by atoms with Crippen molar-refractivity contribution in [3.05, 3.63) is 59.7 Å². The monoisotopic (exact) mass is 462 g/mol. The quantitative estimate of drug-likeness (QED) is 0.545. The van der Waals surface area contributed by atoms with Gasteiger partial charge in [0.25, 0.3) is 0 Å². The van der Waals surface area contributed by atoms with Crippen molar-refractivity contribution >= 4 is 18.0 Å². The summed E-state index contributed by atoms with van der Waals surface area (Å²) in [5.74, 6) is -1.17. The summed E-state index contributed by atoms with van der Waals surface area (Å²) in [5.41, 5.74) is 3.41. The number of hydrogen-bond acceptors (Lipinski definition) is 4. The highest BCUT2D eigenvalue weighted by molar-refractivity contribution is 5.93. The largest absolute Gasteiger partial charge is 0.480 e. The number of carboxylic acids is 1. The minimum Gasteiger partial charge on any atom is -0.480 e. The molecule has 3 aliphatic carbocycles. The van der Waals surface area contributed by atoms with E-state index in [2.05, 4.69) is 34.9 Å². The Kier molecular flexibility index (Phi) is 6.02. The average Bonchev–Trinajstić information content (AvgIpc) is 3.43. The van der Waals surface area contributed by atoms with Crippen molar-refractivity contribution in [2.24, 2.45) is 5.92 Å². The molecule has 0 saturated heterocycles. The van der Waals surface area contributed by atoms with Gasteiger partial charge in [0.1, 0.15) is 18.2 Å². The highest BCUT2D eigenvalue weighted by atomic mass is 16.5. The minimum absolute atomic E-state index is 0.0681. The zero-order valence-corrected chi connectivity index (χ0v) is 19.1. The van der Waals surface area contributed by atoms with Crippen LogP contribution in [0.15, 0.2) is 48.5 Å². The first-order valence-corrected chi connectivity index (χ1v) is 12.1. The number of ether oxygens (including phenoxy) is 1. The summed E-state index contributed by atoms with van der Waals surface area (Å²) in [6, 6.07) is 15.3. The molecule has 7 nitrogen and oxygen atoms in total. The number of aliphatic carboxylic acids is 1. The summed E-state index contributed by atoms with van der Waals surface area (Å²) in [6.07, 6.45) is 4.31. The van der Waals surface area contributed by atoms with Gasteiger partial charge in [0.15, 0.2) is 0 Å². The van der Waals surface area contributed by atoms with Crippen LogP contribution in [0.3, 0.4) is 0 Å². The van der Waals surface area contributed by atoms with Gasteiger partial charge in [-0.05, 0) is 47.4 Å². The van der Waals surface area contributed by atoms with Gasteiger partial charge in [0.2, 0.25) is 5.91 Å². The van der Waals surface area contributed by atoms with E-state index < -0.39 is 29.6 Å². The lowest BCUT2D eigenvalue weighted by Crippen LogP contribution is -2.60. The normalized spacial score (nSPS) is 19.1. The number of alkyl carbamates (subject to hydrolysis) is 1. The SMILES string of the molecule is O=C(NC1(C(=O)NC(CC2CC2)C(=O)O)CCCC1)OCC1c2ccccc2-c2ccccc21. The number of nitrogens with one attached hydrogen (secondary N) is 2. The van der Waals surface area contributed by atoms with Gasteiger partial charge < -0.3 is 20.5 Å². The van der Waals surface area contributed by atoms with E-state index in [0.29, 0.717) is 25.2 Å². The molecule has 2 aromatic carbocycles.